The lowest BCUT2D eigenvalue weighted by Gasteiger charge is -2.21. The van der Waals surface area contributed by atoms with Crippen molar-refractivity contribution < 1.29 is 8.78 Å². The van der Waals surface area contributed by atoms with E-state index in [1.54, 1.807) is 37.3 Å². The van der Waals surface area contributed by atoms with Gasteiger partial charge in [0.05, 0.1) is 27.7 Å². The number of nitrogens with two attached hydrogens (primary N) is 2. The number of nitrogen functional groups attached to an aromatic ring is 2. The molecule has 0 saturated carbocycles. The number of nitrogens with zero attached hydrogens (tertiary/aromatic N) is 5. The number of halogens is 3. The number of nitrogens with one attached hydrogen (secondary N) is 1. The van der Waals surface area contributed by atoms with Crippen molar-refractivity contribution in [1.29, 1.82) is 0 Å². The first kappa shape index (κ1) is 25.6. The molecule has 9 nitrogen and oxygen atoms in total. The van der Waals surface area contributed by atoms with Gasteiger partial charge in [-0.05, 0) is 49.2 Å². The van der Waals surface area contributed by atoms with Gasteiger partial charge in [-0.15, -0.1) is 0 Å². The molecule has 3 heterocycles. The second kappa shape index (κ2) is 10.4. The highest BCUT2D eigenvalue weighted by atomic mass is 35.5. The summed E-state index contributed by atoms with van der Waals surface area (Å²) >= 11 is 6.30. The number of hydrogen-bond acceptors (Lipinski definition) is 8. The summed E-state index contributed by atoms with van der Waals surface area (Å²) in [6.45, 7) is 1.69. The fourth-order valence-corrected chi connectivity index (χ4v) is 4.21. The number of hydrogen-bond donors (Lipinski definition) is 3. The highest BCUT2D eigenvalue weighted by molar-refractivity contribution is 6.35. The molecule has 5 N–H and O–H groups in total. The summed E-state index contributed by atoms with van der Waals surface area (Å²) in [5, 5.41) is 3.40. The summed E-state index contributed by atoms with van der Waals surface area (Å²) in [6.07, 6.45) is 1.25. The Labute approximate surface area is 225 Å². The van der Waals surface area contributed by atoms with E-state index in [1.807, 2.05) is 0 Å². The molecule has 5 aromatic rings. The van der Waals surface area contributed by atoms with Crippen molar-refractivity contribution in [1.82, 2.24) is 24.5 Å². The van der Waals surface area contributed by atoms with Crippen LogP contribution in [0.15, 0.2) is 65.7 Å². The first-order chi connectivity index (χ1) is 18.7. The molecule has 0 aliphatic rings. The maximum atomic E-state index is 14.2. The molecule has 0 amide bonds. The molecular weight excluding hydrogens is 526 g/mol. The van der Waals surface area contributed by atoms with Gasteiger partial charge < -0.3 is 16.8 Å². The number of anilines is 3. The number of fused-ring (bicyclic) bond motifs is 1. The average molecular weight is 545 g/mol. The molecule has 2 aromatic carbocycles. The third kappa shape index (κ3) is 5.18. The molecule has 0 aliphatic carbocycles. The Bertz CT molecular complexity index is 1850. The molecule has 1 unspecified atom stereocenters. The van der Waals surface area contributed by atoms with Crippen LogP contribution in [0.5, 0.6) is 0 Å². The molecule has 0 saturated heterocycles. The molecule has 0 fully saturated rings. The number of benzene rings is 2. The molecule has 0 aliphatic heterocycles. The van der Waals surface area contributed by atoms with Gasteiger partial charge in [-0.25, -0.2) is 28.7 Å². The molecule has 5 rings (SSSR count). The Morgan fingerprint density at radius 2 is 1.74 bits per heavy atom. The zero-order valence-corrected chi connectivity index (χ0v) is 21.0. The normalized spacial score (nSPS) is 11.6. The third-order valence-corrected chi connectivity index (χ3v) is 6.00. The van der Waals surface area contributed by atoms with Crippen LogP contribution in [0, 0.1) is 23.5 Å². The quantitative estimate of drug-likeness (QED) is 0.286. The van der Waals surface area contributed by atoms with E-state index in [4.69, 9.17) is 23.1 Å². The van der Waals surface area contributed by atoms with E-state index in [1.165, 1.54) is 12.4 Å². The lowest BCUT2D eigenvalue weighted by molar-refractivity contribution is 0.579. The van der Waals surface area contributed by atoms with Crippen molar-refractivity contribution >= 4 is 40.0 Å². The maximum absolute atomic E-state index is 14.2. The van der Waals surface area contributed by atoms with Crippen LogP contribution < -0.4 is 22.3 Å². The van der Waals surface area contributed by atoms with Gasteiger partial charge in [0.25, 0.3) is 5.56 Å². The van der Waals surface area contributed by atoms with Crippen molar-refractivity contribution in [3.8, 4) is 17.5 Å². The fourth-order valence-electron chi connectivity index (χ4n) is 3.96. The maximum Gasteiger partial charge on any atom is 0.267 e. The molecule has 39 heavy (non-hydrogen) atoms. The lowest BCUT2D eigenvalue weighted by Crippen LogP contribution is -2.28. The number of pyridine rings is 1. The van der Waals surface area contributed by atoms with Crippen LogP contribution in [0.3, 0.4) is 0 Å². The first-order valence-corrected chi connectivity index (χ1v) is 11.9. The smallest absolute Gasteiger partial charge is 0.267 e. The Kier molecular flexibility index (Phi) is 6.79. The van der Waals surface area contributed by atoms with Crippen LogP contribution in [0.1, 0.15) is 30.0 Å². The molecule has 0 radical (unpaired) electrons. The van der Waals surface area contributed by atoms with Crippen LogP contribution in [0.4, 0.5) is 26.2 Å². The van der Waals surface area contributed by atoms with Crippen LogP contribution in [0.25, 0.3) is 16.6 Å². The van der Waals surface area contributed by atoms with Crippen LogP contribution in [0.2, 0.25) is 5.02 Å². The largest absolute Gasteiger partial charge is 0.384 e. The minimum Gasteiger partial charge on any atom is -0.384 e. The Morgan fingerprint density at radius 1 is 1.00 bits per heavy atom. The van der Waals surface area contributed by atoms with Crippen molar-refractivity contribution in [2.75, 3.05) is 16.8 Å². The van der Waals surface area contributed by atoms with Gasteiger partial charge in [0, 0.05) is 6.07 Å². The SMILES string of the molecule is CC(Nc1ncnc(N)c1C#Cc1cccc(N)n1)c1nc2cccc(Cl)c2c(=O)n1-c1cc(F)cc(F)c1. The van der Waals surface area contributed by atoms with E-state index in [2.05, 4.69) is 37.1 Å². The number of aromatic nitrogens is 5. The van der Waals surface area contributed by atoms with E-state index in [-0.39, 0.29) is 39.1 Å². The topological polar surface area (TPSA) is 138 Å². The van der Waals surface area contributed by atoms with Gasteiger partial charge in [0.1, 0.15) is 52.5 Å². The highest BCUT2D eigenvalue weighted by Crippen LogP contribution is 2.26. The van der Waals surface area contributed by atoms with Crippen LogP contribution in [-0.2, 0) is 0 Å². The summed E-state index contributed by atoms with van der Waals surface area (Å²) in [5.74, 6) is 4.83. The molecule has 194 valence electrons. The summed E-state index contributed by atoms with van der Waals surface area (Å²) in [7, 11) is 0. The second-order valence-electron chi connectivity index (χ2n) is 8.42. The third-order valence-electron chi connectivity index (χ3n) is 5.68. The van der Waals surface area contributed by atoms with E-state index < -0.39 is 23.2 Å². The monoisotopic (exact) mass is 544 g/mol. The van der Waals surface area contributed by atoms with Crippen molar-refractivity contribution in [2.24, 2.45) is 0 Å². The second-order valence-corrected chi connectivity index (χ2v) is 8.83. The zero-order valence-electron chi connectivity index (χ0n) is 20.3. The van der Waals surface area contributed by atoms with Gasteiger partial charge in [-0.2, -0.15) is 0 Å². The van der Waals surface area contributed by atoms with Crippen molar-refractivity contribution in [3.63, 3.8) is 0 Å². The van der Waals surface area contributed by atoms with E-state index in [9.17, 15) is 13.6 Å². The molecule has 1 atom stereocenters. The summed E-state index contributed by atoms with van der Waals surface area (Å²) in [4.78, 5) is 30.7. The van der Waals surface area contributed by atoms with E-state index in [0.29, 0.717) is 23.1 Å². The predicted molar refractivity (Wildman–Crippen MR) is 145 cm³/mol. The Morgan fingerprint density at radius 3 is 2.49 bits per heavy atom. The lowest BCUT2D eigenvalue weighted by atomic mass is 10.2. The molecule has 12 heteroatoms. The van der Waals surface area contributed by atoms with Crippen molar-refractivity contribution in [3.05, 3.63) is 105 Å². The van der Waals surface area contributed by atoms with Gasteiger partial charge in [0.15, 0.2) is 0 Å². The Balaban J connectivity index is 1.64. The Hall–Kier alpha value is -5.08. The first-order valence-electron chi connectivity index (χ1n) is 11.5. The van der Waals surface area contributed by atoms with Gasteiger partial charge in [0.2, 0.25) is 0 Å². The summed E-state index contributed by atoms with van der Waals surface area (Å²) in [5.41, 5.74) is 12.1. The van der Waals surface area contributed by atoms with E-state index >= 15 is 0 Å². The summed E-state index contributed by atoms with van der Waals surface area (Å²) < 4.78 is 29.5. The van der Waals surface area contributed by atoms with Gasteiger partial charge in [-0.3, -0.25) is 9.36 Å². The van der Waals surface area contributed by atoms with Gasteiger partial charge in [-0.1, -0.05) is 29.7 Å². The fraction of sp³-hybridized carbons (Fsp3) is 0.0741. The van der Waals surface area contributed by atoms with Crippen LogP contribution >= 0.6 is 11.6 Å². The molecule has 3 aromatic heterocycles. The molecule has 0 spiro atoms. The highest BCUT2D eigenvalue weighted by Gasteiger charge is 2.22. The van der Waals surface area contributed by atoms with Gasteiger partial charge >= 0.3 is 0 Å². The summed E-state index contributed by atoms with van der Waals surface area (Å²) in [6, 6.07) is 11.9. The molecule has 0 bridgehead atoms. The minimum atomic E-state index is -0.862. The zero-order chi connectivity index (χ0) is 27.7. The average Bonchev–Trinajstić information content (AvgIpc) is 2.87. The van der Waals surface area contributed by atoms with Crippen LogP contribution in [-0.4, -0.2) is 24.5 Å². The van der Waals surface area contributed by atoms with Crippen molar-refractivity contribution in [2.45, 2.75) is 13.0 Å². The predicted octanol–water partition coefficient (Wildman–Crippen LogP) is 4.24. The standard InChI is InChI=1S/C27H19ClF2N8O/c1-14(35-25-19(24(32)33-13-34-25)9-8-17-4-2-7-22(31)36-17)26-37-21-6-3-5-20(28)23(21)27(39)38(26)18-11-15(29)10-16(30)12-18/h2-7,10-14H,1H3,(H2,31,36)(H3,32,33,34,35). The van der Waals surface area contributed by atoms with E-state index in [0.717, 1.165) is 16.7 Å². The minimum absolute atomic E-state index is 0.0644. The molecular formula is C27H19ClF2N8O. The number of rotatable bonds is 4.